The molecule has 0 atom stereocenters. The molecule has 0 saturated carbocycles. The Balaban J connectivity index is 1.69. The van der Waals surface area contributed by atoms with E-state index in [1.54, 1.807) is 42.5 Å². The van der Waals surface area contributed by atoms with Crippen LogP contribution < -0.4 is 4.74 Å². The number of hydrogen-bond donors (Lipinski definition) is 1. The van der Waals surface area contributed by atoms with Gasteiger partial charge in [-0.2, -0.15) is 0 Å². The zero-order valence-electron chi connectivity index (χ0n) is 13.6. The normalized spacial score (nSPS) is 15.7. The third-order valence-corrected chi connectivity index (χ3v) is 6.48. The third-order valence-electron chi connectivity index (χ3n) is 3.62. The molecule has 2 aromatic rings. The van der Waals surface area contributed by atoms with Gasteiger partial charge < -0.3 is 9.84 Å². The van der Waals surface area contributed by atoms with E-state index in [0.717, 1.165) is 22.2 Å². The topological polar surface area (TPSA) is 66.8 Å². The molecule has 27 heavy (non-hydrogen) atoms. The highest BCUT2D eigenvalue weighted by Crippen LogP contribution is 2.34. The molecule has 9 heteroatoms. The van der Waals surface area contributed by atoms with E-state index >= 15 is 0 Å². The van der Waals surface area contributed by atoms with E-state index in [0.29, 0.717) is 22.8 Å². The molecule has 1 aliphatic heterocycles. The lowest BCUT2D eigenvalue weighted by molar-refractivity contribution is -0.123. The molecule has 0 aliphatic carbocycles. The van der Waals surface area contributed by atoms with Crippen molar-refractivity contribution in [3.63, 3.8) is 0 Å². The van der Waals surface area contributed by atoms with Gasteiger partial charge in [0.2, 0.25) is 0 Å². The van der Waals surface area contributed by atoms with Gasteiger partial charge >= 0.3 is 0 Å². The highest BCUT2D eigenvalue weighted by Gasteiger charge is 2.34. The van der Waals surface area contributed by atoms with Gasteiger partial charge in [0.05, 0.1) is 23.6 Å². The molecule has 2 aromatic carbocycles. The predicted molar refractivity (Wildman–Crippen MR) is 123 cm³/mol. The molecule has 0 unspecified atom stereocenters. The largest absolute Gasteiger partial charge is 0.506 e. The standard InChI is InChI=1S/C18H12ClI2NO4S/c19-11-3-1-2-4-14(11)26-6-5-22-17(24)15(27-18(22)25)9-10-7-12(20)16(23)13(21)8-10/h1-4,7-9,23H,5-6H2/b15-9-. The summed E-state index contributed by atoms with van der Waals surface area (Å²) in [7, 11) is 0. The van der Waals surface area contributed by atoms with Crippen molar-refractivity contribution in [2.45, 2.75) is 0 Å². The Morgan fingerprint density at radius 3 is 2.52 bits per heavy atom. The lowest BCUT2D eigenvalue weighted by Crippen LogP contribution is -2.32. The summed E-state index contributed by atoms with van der Waals surface area (Å²) in [5.74, 6) is 0.360. The fourth-order valence-electron chi connectivity index (χ4n) is 2.32. The average Bonchev–Trinajstić information content (AvgIpc) is 2.88. The number of hydrogen-bond acceptors (Lipinski definition) is 5. The van der Waals surface area contributed by atoms with Gasteiger partial charge in [-0.1, -0.05) is 23.7 Å². The van der Waals surface area contributed by atoms with Gasteiger partial charge in [0.15, 0.2) is 0 Å². The van der Waals surface area contributed by atoms with E-state index in [1.165, 1.54) is 0 Å². The zero-order valence-corrected chi connectivity index (χ0v) is 19.5. The fraction of sp³-hybridized carbons (Fsp3) is 0.111. The van der Waals surface area contributed by atoms with Gasteiger partial charge in [-0.15, -0.1) is 0 Å². The van der Waals surface area contributed by atoms with Gasteiger partial charge in [0.1, 0.15) is 18.1 Å². The van der Waals surface area contributed by atoms with Crippen molar-refractivity contribution < 1.29 is 19.4 Å². The van der Waals surface area contributed by atoms with Crippen molar-refractivity contribution in [3.8, 4) is 11.5 Å². The summed E-state index contributed by atoms with van der Waals surface area (Å²) in [6.45, 7) is 0.294. The number of amides is 2. The number of carbonyl (C=O) groups is 2. The smallest absolute Gasteiger partial charge is 0.293 e. The molecular formula is C18H12ClI2NO4S. The number of carbonyl (C=O) groups excluding carboxylic acids is 2. The SMILES string of the molecule is O=C1S/C(=C\c2cc(I)c(O)c(I)c2)C(=O)N1CCOc1ccccc1Cl. The number of para-hydroxylation sites is 1. The summed E-state index contributed by atoms with van der Waals surface area (Å²) in [5, 5.41) is 9.98. The van der Waals surface area contributed by atoms with E-state index < -0.39 is 0 Å². The highest BCUT2D eigenvalue weighted by molar-refractivity contribution is 14.1. The maximum atomic E-state index is 12.5. The first-order chi connectivity index (χ1) is 12.9. The van der Waals surface area contributed by atoms with Crippen LogP contribution >= 0.6 is 68.5 Å². The molecular weight excluding hydrogens is 616 g/mol. The number of nitrogens with zero attached hydrogens (tertiary/aromatic N) is 1. The predicted octanol–water partition coefficient (Wildman–Crippen LogP) is 5.37. The summed E-state index contributed by atoms with van der Waals surface area (Å²) >= 11 is 11.0. The van der Waals surface area contributed by atoms with Crippen molar-refractivity contribution in [3.05, 3.63) is 59.0 Å². The lowest BCUT2D eigenvalue weighted by atomic mass is 10.2. The Labute approximate surface area is 192 Å². The van der Waals surface area contributed by atoms with E-state index in [-0.39, 0.29) is 30.0 Å². The van der Waals surface area contributed by atoms with Gasteiger partial charge in [0, 0.05) is 0 Å². The number of thioether (sulfide) groups is 1. The quantitative estimate of drug-likeness (QED) is 0.357. The summed E-state index contributed by atoms with van der Waals surface area (Å²) in [6, 6.07) is 10.5. The molecule has 1 heterocycles. The molecule has 2 amide bonds. The second-order valence-corrected chi connectivity index (χ2v) is 9.17. The molecule has 1 aliphatic rings. The number of ether oxygens (including phenoxy) is 1. The van der Waals surface area contributed by atoms with Crippen LogP contribution in [0.5, 0.6) is 11.5 Å². The number of phenols is 1. The highest BCUT2D eigenvalue weighted by atomic mass is 127. The second kappa shape index (κ2) is 9.01. The van der Waals surface area contributed by atoms with Crippen LogP contribution in [0.1, 0.15) is 5.56 Å². The van der Waals surface area contributed by atoms with Crippen molar-refractivity contribution in [2.75, 3.05) is 13.2 Å². The van der Waals surface area contributed by atoms with Gasteiger partial charge in [-0.25, -0.2) is 0 Å². The Bertz CT molecular complexity index is 928. The molecule has 1 fully saturated rings. The van der Waals surface area contributed by atoms with Crippen molar-refractivity contribution in [2.24, 2.45) is 0 Å². The van der Waals surface area contributed by atoms with Crippen LogP contribution in [-0.4, -0.2) is 34.3 Å². The van der Waals surface area contributed by atoms with E-state index in [2.05, 4.69) is 0 Å². The molecule has 0 bridgehead atoms. The number of imide groups is 1. The minimum absolute atomic E-state index is 0.137. The summed E-state index contributed by atoms with van der Waals surface area (Å²) in [4.78, 5) is 26.2. The van der Waals surface area contributed by atoms with Gasteiger partial charge in [0.25, 0.3) is 11.1 Å². The third kappa shape index (κ3) is 4.90. The molecule has 5 nitrogen and oxygen atoms in total. The van der Waals surface area contributed by atoms with Crippen molar-refractivity contribution in [1.82, 2.24) is 4.90 Å². The van der Waals surface area contributed by atoms with Crippen LogP contribution in [0.15, 0.2) is 41.3 Å². The van der Waals surface area contributed by atoms with Gasteiger partial charge in [-0.3, -0.25) is 14.5 Å². The number of aromatic hydroxyl groups is 1. The first kappa shape index (κ1) is 20.7. The van der Waals surface area contributed by atoms with Crippen molar-refractivity contribution >= 4 is 85.8 Å². The second-order valence-electron chi connectivity index (χ2n) is 5.45. The molecule has 0 spiro atoms. The minimum atomic E-state index is -0.356. The van der Waals surface area contributed by atoms with Gasteiger partial charge in [-0.05, 0) is 92.8 Å². The van der Waals surface area contributed by atoms with Crippen LogP contribution in [0, 0.1) is 7.14 Å². The van der Waals surface area contributed by atoms with Crippen molar-refractivity contribution in [1.29, 1.82) is 0 Å². The maximum absolute atomic E-state index is 12.5. The van der Waals surface area contributed by atoms with E-state index in [4.69, 9.17) is 16.3 Å². The zero-order chi connectivity index (χ0) is 19.6. The van der Waals surface area contributed by atoms with Crippen LogP contribution in [0.3, 0.4) is 0 Å². The fourth-order valence-corrected chi connectivity index (χ4v) is 5.19. The Morgan fingerprint density at radius 2 is 1.85 bits per heavy atom. The molecule has 1 N–H and O–H groups in total. The molecule has 140 valence electrons. The monoisotopic (exact) mass is 627 g/mol. The first-order valence-corrected chi connectivity index (χ1v) is 11.0. The molecule has 0 radical (unpaired) electrons. The molecule has 3 rings (SSSR count). The summed E-state index contributed by atoms with van der Waals surface area (Å²) in [5.41, 5.74) is 0.749. The molecule has 1 saturated heterocycles. The first-order valence-electron chi connectivity index (χ1n) is 7.67. The lowest BCUT2D eigenvalue weighted by Gasteiger charge is -2.13. The van der Waals surface area contributed by atoms with E-state index in [9.17, 15) is 14.7 Å². The number of rotatable bonds is 5. The number of phenolic OH excluding ortho intramolecular Hbond substituents is 1. The summed E-state index contributed by atoms with van der Waals surface area (Å²) in [6.07, 6.45) is 1.66. The van der Waals surface area contributed by atoms with E-state index in [1.807, 2.05) is 45.2 Å². The Kier molecular flexibility index (Phi) is 6.93. The number of halogens is 3. The van der Waals surface area contributed by atoms with Crippen LogP contribution in [-0.2, 0) is 4.79 Å². The Morgan fingerprint density at radius 1 is 1.19 bits per heavy atom. The minimum Gasteiger partial charge on any atom is -0.506 e. The average molecular weight is 628 g/mol. The summed E-state index contributed by atoms with van der Waals surface area (Å²) < 4.78 is 6.91. The maximum Gasteiger partial charge on any atom is 0.293 e. The van der Waals surface area contributed by atoms with Crippen LogP contribution in [0.25, 0.3) is 6.08 Å². The van der Waals surface area contributed by atoms with Crippen LogP contribution in [0.4, 0.5) is 4.79 Å². The Hall–Kier alpha value is -0.980. The molecule has 0 aromatic heterocycles. The number of benzene rings is 2. The van der Waals surface area contributed by atoms with Crippen LogP contribution in [0.2, 0.25) is 5.02 Å².